The smallest absolute Gasteiger partial charge is 0.147 e. The van der Waals surface area contributed by atoms with Crippen LogP contribution in [0.15, 0.2) is 61.1 Å². The predicted molar refractivity (Wildman–Crippen MR) is 106 cm³/mol. The molecular weight excluding hydrogens is 333 g/mol. The highest BCUT2D eigenvalue weighted by Gasteiger charge is 2.27. The molecule has 0 aliphatic carbocycles. The minimum Gasteiger partial charge on any atom is -0.490 e. The summed E-state index contributed by atoms with van der Waals surface area (Å²) in [7, 11) is 0. The predicted octanol–water partition coefficient (Wildman–Crippen LogP) is 6.43. The van der Waals surface area contributed by atoms with E-state index in [1.54, 1.807) is 37.3 Å². The van der Waals surface area contributed by atoms with Gasteiger partial charge in [0.25, 0.3) is 0 Å². The Hall–Kier alpha value is -2.25. The van der Waals surface area contributed by atoms with Gasteiger partial charge in [0.2, 0.25) is 0 Å². The minimum atomic E-state index is -1.46. The Bertz CT molecular complexity index is 717. The second-order valence-corrected chi connectivity index (χ2v) is 7.02. The first-order valence-electron chi connectivity index (χ1n) is 8.01. The Balaban J connectivity index is 3.01. The summed E-state index contributed by atoms with van der Waals surface area (Å²) in [5, 5.41) is 9.24. The van der Waals surface area contributed by atoms with E-state index < -0.39 is 5.67 Å². The van der Waals surface area contributed by atoms with Gasteiger partial charge in [-0.3, -0.25) is 0 Å². The summed E-state index contributed by atoms with van der Waals surface area (Å²) in [6, 6.07) is 7.24. The van der Waals surface area contributed by atoms with Gasteiger partial charge < -0.3 is 4.74 Å². The molecule has 0 saturated carbocycles. The maximum absolute atomic E-state index is 14.6. The van der Waals surface area contributed by atoms with Crippen molar-refractivity contribution in [3.63, 3.8) is 0 Å². The lowest BCUT2D eigenvalue weighted by molar-refractivity contribution is 0.0830. The van der Waals surface area contributed by atoms with Crippen LogP contribution >= 0.6 is 11.8 Å². The number of allylic oxidation sites excluding steroid dienone is 4. The fourth-order valence-electron chi connectivity index (χ4n) is 2.14. The van der Waals surface area contributed by atoms with E-state index in [4.69, 9.17) is 4.74 Å². The number of nitrogens with zero attached hydrogens (tertiary/aromatic N) is 1. The number of nitriles is 1. The SMILES string of the molecule is C=C/C=C(/C)SC(=C)c1cc(C#N)cc(OCC(F)(CC)CC=C)c1. The van der Waals surface area contributed by atoms with E-state index in [-0.39, 0.29) is 13.0 Å². The molecule has 1 aromatic rings. The van der Waals surface area contributed by atoms with Gasteiger partial charge in [-0.1, -0.05) is 50.1 Å². The third-order valence-corrected chi connectivity index (χ3v) is 4.58. The fraction of sp³-hybridized carbons (Fsp3) is 0.286. The number of alkyl halides is 1. The van der Waals surface area contributed by atoms with Gasteiger partial charge >= 0.3 is 0 Å². The van der Waals surface area contributed by atoms with Crippen LogP contribution in [0.1, 0.15) is 37.8 Å². The van der Waals surface area contributed by atoms with Gasteiger partial charge in [-0.15, -0.1) is 6.58 Å². The quantitative estimate of drug-likeness (QED) is 0.357. The van der Waals surface area contributed by atoms with Crippen molar-refractivity contribution in [2.45, 2.75) is 32.4 Å². The van der Waals surface area contributed by atoms with E-state index in [1.807, 2.05) is 13.0 Å². The van der Waals surface area contributed by atoms with Crippen LogP contribution in [-0.2, 0) is 0 Å². The molecule has 0 amide bonds. The number of ether oxygens (including phenoxy) is 1. The molecule has 0 aromatic heterocycles. The molecule has 0 N–H and O–H groups in total. The van der Waals surface area contributed by atoms with Gasteiger partial charge in [0, 0.05) is 11.3 Å². The molecule has 0 spiro atoms. The van der Waals surface area contributed by atoms with E-state index in [1.165, 1.54) is 11.8 Å². The van der Waals surface area contributed by atoms with Crippen molar-refractivity contribution in [2.24, 2.45) is 0 Å². The summed E-state index contributed by atoms with van der Waals surface area (Å²) < 4.78 is 20.3. The van der Waals surface area contributed by atoms with E-state index in [0.29, 0.717) is 17.7 Å². The molecule has 1 atom stereocenters. The van der Waals surface area contributed by atoms with Crippen molar-refractivity contribution in [1.82, 2.24) is 0 Å². The monoisotopic (exact) mass is 357 g/mol. The third-order valence-electron chi connectivity index (χ3n) is 3.64. The van der Waals surface area contributed by atoms with Crippen LogP contribution in [0, 0.1) is 11.3 Å². The normalized spacial score (nSPS) is 13.4. The molecule has 4 heteroatoms. The van der Waals surface area contributed by atoms with Gasteiger partial charge in [0.1, 0.15) is 18.0 Å². The first-order valence-corrected chi connectivity index (χ1v) is 8.83. The fourth-order valence-corrected chi connectivity index (χ4v) is 2.93. The van der Waals surface area contributed by atoms with Crippen molar-refractivity contribution in [2.75, 3.05) is 6.61 Å². The molecule has 0 aliphatic rings. The van der Waals surface area contributed by atoms with Crippen molar-refractivity contribution in [3.05, 3.63) is 72.2 Å². The van der Waals surface area contributed by atoms with Crippen LogP contribution in [0.5, 0.6) is 5.75 Å². The lowest BCUT2D eigenvalue weighted by atomic mass is 10.00. The molecule has 132 valence electrons. The molecule has 0 heterocycles. The second kappa shape index (κ2) is 9.90. The number of hydrogen-bond donors (Lipinski definition) is 0. The standard InChI is InChI=1S/C21H24FNOS/c1-6-9-16(4)25-17(5)19-11-18(14-23)12-20(13-19)24-15-21(22,8-3)10-7-2/h6-7,9,11-13H,1-2,5,8,10,15H2,3-4H3/b16-9-. The van der Waals surface area contributed by atoms with Crippen LogP contribution in [-0.4, -0.2) is 12.3 Å². The third kappa shape index (κ3) is 6.64. The Labute approximate surface area is 154 Å². The Morgan fingerprint density at radius 3 is 2.68 bits per heavy atom. The number of thioether (sulfide) groups is 1. The number of rotatable bonds is 10. The molecule has 2 nitrogen and oxygen atoms in total. The van der Waals surface area contributed by atoms with Crippen LogP contribution < -0.4 is 4.74 Å². The average Bonchev–Trinajstić information content (AvgIpc) is 2.60. The van der Waals surface area contributed by atoms with Gasteiger partial charge in [-0.2, -0.15) is 5.26 Å². The number of hydrogen-bond acceptors (Lipinski definition) is 3. The van der Waals surface area contributed by atoms with Crippen LogP contribution in [0.25, 0.3) is 4.91 Å². The molecule has 1 unspecified atom stereocenters. The molecule has 1 aromatic carbocycles. The zero-order valence-electron chi connectivity index (χ0n) is 14.8. The van der Waals surface area contributed by atoms with Crippen molar-refractivity contribution >= 4 is 16.7 Å². The lowest BCUT2D eigenvalue weighted by Crippen LogP contribution is -2.29. The number of halogens is 1. The number of benzene rings is 1. The molecular formula is C21H24FNOS. The van der Waals surface area contributed by atoms with Gasteiger partial charge in [-0.25, -0.2) is 4.39 Å². The van der Waals surface area contributed by atoms with Crippen LogP contribution in [0.3, 0.4) is 0 Å². The van der Waals surface area contributed by atoms with E-state index in [2.05, 4.69) is 25.8 Å². The summed E-state index contributed by atoms with van der Waals surface area (Å²) in [4.78, 5) is 1.82. The Morgan fingerprint density at radius 2 is 2.12 bits per heavy atom. The molecule has 0 aliphatic heterocycles. The molecule has 0 saturated heterocycles. The molecule has 0 bridgehead atoms. The summed E-state index contributed by atoms with van der Waals surface area (Å²) in [5.41, 5.74) is -0.232. The van der Waals surface area contributed by atoms with Crippen molar-refractivity contribution in [1.29, 1.82) is 5.26 Å². The maximum atomic E-state index is 14.6. The summed E-state index contributed by atoms with van der Waals surface area (Å²) in [6.07, 6.45) is 5.70. The summed E-state index contributed by atoms with van der Waals surface area (Å²) in [6.45, 7) is 15.0. The summed E-state index contributed by atoms with van der Waals surface area (Å²) >= 11 is 1.48. The van der Waals surface area contributed by atoms with E-state index >= 15 is 0 Å². The molecule has 0 fully saturated rings. The maximum Gasteiger partial charge on any atom is 0.147 e. The molecule has 25 heavy (non-hydrogen) atoms. The van der Waals surface area contributed by atoms with Crippen LogP contribution in [0.2, 0.25) is 0 Å². The van der Waals surface area contributed by atoms with Gasteiger partial charge in [-0.05, 0) is 42.0 Å². The van der Waals surface area contributed by atoms with Crippen molar-refractivity contribution < 1.29 is 9.13 Å². The van der Waals surface area contributed by atoms with Gasteiger partial charge in [0.05, 0.1) is 11.6 Å². The topological polar surface area (TPSA) is 33.0 Å². The average molecular weight is 357 g/mol. The second-order valence-electron chi connectivity index (χ2n) is 5.68. The molecule has 0 radical (unpaired) electrons. The highest BCUT2D eigenvalue weighted by atomic mass is 32.2. The highest BCUT2D eigenvalue weighted by Crippen LogP contribution is 2.34. The minimum absolute atomic E-state index is 0.0845. The largest absolute Gasteiger partial charge is 0.490 e. The Morgan fingerprint density at radius 1 is 1.40 bits per heavy atom. The van der Waals surface area contributed by atoms with E-state index in [0.717, 1.165) is 15.4 Å². The zero-order chi connectivity index (χ0) is 18.9. The lowest BCUT2D eigenvalue weighted by Gasteiger charge is -2.22. The van der Waals surface area contributed by atoms with Crippen molar-refractivity contribution in [3.8, 4) is 11.8 Å². The highest BCUT2D eigenvalue weighted by molar-refractivity contribution is 8.11. The van der Waals surface area contributed by atoms with Crippen LogP contribution in [0.4, 0.5) is 4.39 Å². The van der Waals surface area contributed by atoms with E-state index in [9.17, 15) is 9.65 Å². The van der Waals surface area contributed by atoms with Gasteiger partial charge in [0.15, 0.2) is 0 Å². The molecule has 1 rings (SSSR count). The summed E-state index contributed by atoms with van der Waals surface area (Å²) in [5.74, 6) is 0.459. The first-order chi connectivity index (χ1) is 11.9. The zero-order valence-corrected chi connectivity index (χ0v) is 15.7. The Kier molecular flexibility index (Phi) is 8.24. The first kappa shape index (κ1) is 20.8.